The Hall–Kier alpha value is -0.580. The van der Waals surface area contributed by atoms with E-state index in [0.717, 1.165) is 18.9 Å². The summed E-state index contributed by atoms with van der Waals surface area (Å²) < 4.78 is 2.00. The van der Waals surface area contributed by atoms with Crippen LogP contribution in [0.4, 0.5) is 0 Å². The maximum Gasteiger partial charge on any atom is 0.128 e. The second-order valence-electron chi connectivity index (χ2n) is 4.88. The average molecular weight is 257 g/mol. The minimum Gasteiger partial charge on any atom is -0.321 e. The third kappa shape index (κ3) is 2.49. The second-order valence-corrected chi connectivity index (χ2v) is 5.27. The van der Waals surface area contributed by atoms with Gasteiger partial charge in [-0.3, -0.25) is 4.90 Å². The van der Waals surface area contributed by atoms with Crippen LogP contribution in [0.15, 0.2) is 6.20 Å². The Balaban J connectivity index is 2.27. The van der Waals surface area contributed by atoms with Gasteiger partial charge < -0.3 is 9.88 Å². The molecule has 2 rings (SSSR count). The predicted octanol–water partition coefficient (Wildman–Crippen LogP) is 1.68. The van der Waals surface area contributed by atoms with Gasteiger partial charge in [0.25, 0.3) is 0 Å². The molecule has 0 spiro atoms. The first kappa shape index (κ1) is 12.9. The normalized spacial score (nSPS) is 26.4. The first-order chi connectivity index (χ1) is 8.15. The largest absolute Gasteiger partial charge is 0.321 e. The van der Waals surface area contributed by atoms with E-state index in [0.29, 0.717) is 17.1 Å². The molecule has 17 heavy (non-hydrogen) atoms. The first-order valence-corrected chi connectivity index (χ1v) is 6.55. The molecule has 0 radical (unpaired) electrons. The smallest absolute Gasteiger partial charge is 0.128 e. The lowest BCUT2D eigenvalue weighted by molar-refractivity contribution is 0.112. The van der Waals surface area contributed by atoms with Crippen molar-refractivity contribution >= 4 is 11.6 Å². The van der Waals surface area contributed by atoms with Gasteiger partial charge >= 0.3 is 0 Å². The van der Waals surface area contributed by atoms with E-state index in [9.17, 15) is 0 Å². The van der Waals surface area contributed by atoms with Crippen LogP contribution >= 0.6 is 11.6 Å². The van der Waals surface area contributed by atoms with Crippen LogP contribution in [0.25, 0.3) is 0 Å². The number of rotatable bonds is 3. The van der Waals surface area contributed by atoms with Gasteiger partial charge in [-0.1, -0.05) is 11.6 Å². The molecule has 0 saturated carbocycles. The molecule has 2 atom stereocenters. The number of imidazole rings is 1. The maximum absolute atomic E-state index is 6.09. The summed E-state index contributed by atoms with van der Waals surface area (Å²) in [5, 5.41) is 4.00. The van der Waals surface area contributed by atoms with Gasteiger partial charge in [-0.2, -0.15) is 0 Å². The quantitative estimate of drug-likeness (QED) is 0.893. The van der Waals surface area contributed by atoms with Gasteiger partial charge in [0.2, 0.25) is 0 Å². The molecule has 2 unspecified atom stereocenters. The lowest BCUT2D eigenvalue weighted by atomic mass is 9.88. The lowest BCUT2D eigenvalue weighted by Crippen LogP contribution is -2.41. The first-order valence-electron chi connectivity index (χ1n) is 6.17. The van der Waals surface area contributed by atoms with Crippen LogP contribution in [0.1, 0.15) is 24.7 Å². The van der Waals surface area contributed by atoms with E-state index in [-0.39, 0.29) is 0 Å². The summed E-state index contributed by atoms with van der Waals surface area (Å²) in [5.41, 5.74) is 0. The molecule has 1 aliphatic rings. The molecular formula is C12H21ClN4. The van der Waals surface area contributed by atoms with Gasteiger partial charge in [0.1, 0.15) is 11.0 Å². The van der Waals surface area contributed by atoms with Crippen molar-refractivity contribution in [2.45, 2.75) is 18.9 Å². The number of hydrogen-bond donors (Lipinski definition) is 1. The van der Waals surface area contributed by atoms with Gasteiger partial charge in [0, 0.05) is 7.05 Å². The van der Waals surface area contributed by atoms with Crippen molar-refractivity contribution in [2.24, 2.45) is 13.0 Å². The number of piperidine rings is 1. The Morgan fingerprint density at radius 3 is 2.88 bits per heavy atom. The van der Waals surface area contributed by atoms with Crippen molar-refractivity contribution in [3.05, 3.63) is 17.2 Å². The third-order valence-corrected chi connectivity index (χ3v) is 4.06. The van der Waals surface area contributed by atoms with Crippen molar-refractivity contribution in [3.63, 3.8) is 0 Å². The van der Waals surface area contributed by atoms with Gasteiger partial charge in [0.05, 0.1) is 12.2 Å². The maximum atomic E-state index is 6.09. The molecule has 0 bridgehead atoms. The zero-order chi connectivity index (χ0) is 12.4. The number of hydrogen-bond acceptors (Lipinski definition) is 3. The minimum atomic E-state index is 0.369. The van der Waals surface area contributed by atoms with Crippen LogP contribution in [-0.2, 0) is 7.05 Å². The molecule has 1 aromatic heterocycles. The van der Waals surface area contributed by atoms with Crippen LogP contribution < -0.4 is 5.32 Å². The van der Waals surface area contributed by atoms with E-state index in [1.165, 1.54) is 12.8 Å². The monoisotopic (exact) mass is 256 g/mol. The van der Waals surface area contributed by atoms with Gasteiger partial charge in [0.15, 0.2) is 0 Å². The van der Waals surface area contributed by atoms with Crippen LogP contribution in [0.5, 0.6) is 0 Å². The Bertz CT molecular complexity index is 375. The molecule has 4 nitrogen and oxygen atoms in total. The fraction of sp³-hybridized carbons (Fsp3) is 0.750. The molecular weight excluding hydrogens is 236 g/mol. The van der Waals surface area contributed by atoms with Gasteiger partial charge in [-0.25, -0.2) is 4.98 Å². The average Bonchev–Trinajstić information content (AvgIpc) is 2.61. The summed E-state index contributed by atoms with van der Waals surface area (Å²) in [5.74, 6) is 1.69. The summed E-state index contributed by atoms with van der Waals surface area (Å²) in [7, 11) is 6.18. The van der Waals surface area contributed by atoms with Crippen LogP contribution in [-0.4, -0.2) is 41.6 Å². The molecule has 0 aromatic carbocycles. The summed E-state index contributed by atoms with van der Waals surface area (Å²) in [6, 6.07) is 0.369. The summed E-state index contributed by atoms with van der Waals surface area (Å²) in [4.78, 5) is 6.88. The van der Waals surface area contributed by atoms with E-state index in [4.69, 9.17) is 11.6 Å². The van der Waals surface area contributed by atoms with Crippen LogP contribution in [0, 0.1) is 5.92 Å². The van der Waals surface area contributed by atoms with E-state index in [2.05, 4.69) is 22.2 Å². The molecule has 2 heterocycles. The standard InChI is InChI=1S/C12H21ClN4/c1-14-7-9-5-4-6-16(2)11(9)12-15-8-10(13)17(12)3/h8-9,11,14H,4-7H2,1-3H3. The molecule has 5 heteroatoms. The molecule has 0 aliphatic carbocycles. The van der Waals surface area contributed by atoms with Gasteiger partial charge in [-0.05, 0) is 45.9 Å². The van der Waals surface area contributed by atoms with E-state index in [1.54, 1.807) is 6.20 Å². The van der Waals surface area contributed by atoms with Crippen molar-refractivity contribution < 1.29 is 0 Å². The summed E-state index contributed by atoms with van der Waals surface area (Å²) in [6.07, 6.45) is 4.26. The van der Waals surface area contributed by atoms with Crippen molar-refractivity contribution in [3.8, 4) is 0 Å². The number of aromatic nitrogens is 2. The Kier molecular flexibility index (Phi) is 4.07. The number of nitrogens with zero attached hydrogens (tertiary/aromatic N) is 3. The number of halogens is 1. The third-order valence-electron chi connectivity index (χ3n) is 3.71. The number of likely N-dealkylation sites (tertiary alicyclic amines) is 1. The number of nitrogens with one attached hydrogen (secondary N) is 1. The molecule has 96 valence electrons. The molecule has 1 saturated heterocycles. The van der Waals surface area contributed by atoms with Crippen LogP contribution in [0.3, 0.4) is 0 Å². The zero-order valence-electron chi connectivity index (χ0n) is 10.8. The van der Waals surface area contributed by atoms with E-state index >= 15 is 0 Å². The predicted molar refractivity (Wildman–Crippen MR) is 70.2 cm³/mol. The molecule has 1 fully saturated rings. The fourth-order valence-corrected chi connectivity index (χ4v) is 2.96. The van der Waals surface area contributed by atoms with E-state index in [1.807, 2.05) is 18.7 Å². The van der Waals surface area contributed by atoms with E-state index < -0.39 is 0 Å². The highest BCUT2D eigenvalue weighted by molar-refractivity contribution is 6.29. The Morgan fingerprint density at radius 2 is 2.29 bits per heavy atom. The topological polar surface area (TPSA) is 33.1 Å². The van der Waals surface area contributed by atoms with Gasteiger partial charge in [-0.15, -0.1) is 0 Å². The van der Waals surface area contributed by atoms with Crippen molar-refractivity contribution in [2.75, 3.05) is 27.2 Å². The van der Waals surface area contributed by atoms with Crippen molar-refractivity contribution in [1.29, 1.82) is 0 Å². The van der Waals surface area contributed by atoms with Crippen LogP contribution in [0.2, 0.25) is 5.15 Å². The SMILES string of the molecule is CNCC1CCCN(C)C1c1ncc(Cl)n1C. The Morgan fingerprint density at radius 1 is 1.53 bits per heavy atom. The molecule has 1 N–H and O–H groups in total. The lowest BCUT2D eigenvalue weighted by Gasteiger charge is -2.38. The van der Waals surface area contributed by atoms with Crippen molar-refractivity contribution in [1.82, 2.24) is 19.8 Å². The second kappa shape index (κ2) is 5.38. The Labute approximate surface area is 108 Å². The zero-order valence-corrected chi connectivity index (χ0v) is 11.5. The highest BCUT2D eigenvalue weighted by atomic mass is 35.5. The minimum absolute atomic E-state index is 0.369. The highest BCUT2D eigenvalue weighted by Gasteiger charge is 2.33. The fourth-order valence-electron chi connectivity index (χ4n) is 2.82. The highest BCUT2D eigenvalue weighted by Crippen LogP contribution is 2.34. The molecule has 1 aromatic rings. The molecule has 1 aliphatic heterocycles. The molecule has 0 amide bonds. The summed E-state index contributed by atoms with van der Waals surface area (Å²) in [6.45, 7) is 2.16. The summed E-state index contributed by atoms with van der Waals surface area (Å²) >= 11 is 6.09.